The zero-order valence-corrected chi connectivity index (χ0v) is 12.3. The second-order valence-corrected chi connectivity index (χ2v) is 5.89. The van der Waals surface area contributed by atoms with Gasteiger partial charge in [0.1, 0.15) is 0 Å². The van der Waals surface area contributed by atoms with Crippen LogP contribution >= 0.6 is 0 Å². The molecule has 2 atom stereocenters. The van der Waals surface area contributed by atoms with E-state index < -0.39 is 11.5 Å². The fraction of sp³-hybridized carbons (Fsp3) is 0.929. The van der Waals surface area contributed by atoms with E-state index in [1.54, 1.807) is 6.92 Å². The molecule has 18 heavy (non-hydrogen) atoms. The zero-order chi connectivity index (χ0) is 13.9. The monoisotopic (exact) mass is 257 g/mol. The smallest absolute Gasteiger partial charge is 0.312 e. The third kappa shape index (κ3) is 3.23. The molecular formula is C14H27NO3. The van der Waals surface area contributed by atoms with E-state index in [2.05, 4.69) is 18.7 Å². The Labute approximate surface area is 110 Å². The number of esters is 1. The first-order chi connectivity index (χ1) is 8.31. The van der Waals surface area contributed by atoms with Crippen molar-refractivity contribution < 1.29 is 14.6 Å². The number of carbonyl (C=O) groups is 1. The van der Waals surface area contributed by atoms with Crippen molar-refractivity contribution in [1.82, 2.24) is 4.90 Å². The minimum Gasteiger partial charge on any atom is -0.466 e. The summed E-state index contributed by atoms with van der Waals surface area (Å²) < 4.78 is 5.12. The summed E-state index contributed by atoms with van der Waals surface area (Å²) in [6.07, 6.45) is 0.646. The van der Waals surface area contributed by atoms with Gasteiger partial charge in [-0.25, -0.2) is 0 Å². The van der Waals surface area contributed by atoms with Crippen molar-refractivity contribution in [3.8, 4) is 0 Å². The van der Waals surface area contributed by atoms with Crippen LogP contribution < -0.4 is 0 Å². The average Bonchev–Trinajstić information content (AvgIpc) is 2.61. The molecule has 106 valence electrons. The number of ether oxygens (including phenoxy) is 1. The van der Waals surface area contributed by atoms with Crippen molar-refractivity contribution in [3.63, 3.8) is 0 Å². The van der Waals surface area contributed by atoms with Crippen LogP contribution in [0.4, 0.5) is 0 Å². The van der Waals surface area contributed by atoms with E-state index in [1.165, 1.54) is 0 Å². The Bertz CT molecular complexity index is 291. The van der Waals surface area contributed by atoms with E-state index in [0.29, 0.717) is 25.6 Å². The molecular weight excluding hydrogens is 230 g/mol. The van der Waals surface area contributed by atoms with Crippen molar-refractivity contribution in [2.24, 2.45) is 11.8 Å². The maximum absolute atomic E-state index is 12.1. The van der Waals surface area contributed by atoms with Crippen LogP contribution in [0.25, 0.3) is 0 Å². The fourth-order valence-electron chi connectivity index (χ4n) is 2.89. The molecule has 1 aliphatic rings. The molecule has 1 heterocycles. The van der Waals surface area contributed by atoms with Gasteiger partial charge in [0.25, 0.3) is 0 Å². The van der Waals surface area contributed by atoms with Gasteiger partial charge in [-0.05, 0) is 33.1 Å². The van der Waals surface area contributed by atoms with Gasteiger partial charge in [0.2, 0.25) is 0 Å². The first-order valence-corrected chi connectivity index (χ1v) is 6.95. The Morgan fingerprint density at radius 1 is 1.39 bits per heavy atom. The maximum Gasteiger partial charge on any atom is 0.312 e. The van der Waals surface area contributed by atoms with Gasteiger partial charge in [-0.15, -0.1) is 0 Å². The van der Waals surface area contributed by atoms with Crippen LogP contribution in [0.3, 0.4) is 0 Å². The van der Waals surface area contributed by atoms with Crippen LogP contribution in [-0.2, 0) is 9.53 Å². The van der Waals surface area contributed by atoms with Gasteiger partial charge in [-0.2, -0.15) is 0 Å². The molecule has 0 aliphatic carbocycles. The molecule has 0 saturated carbocycles. The highest BCUT2D eigenvalue weighted by Crippen LogP contribution is 2.35. The van der Waals surface area contributed by atoms with Gasteiger partial charge in [-0.3, -0.25) is 9.69 Å². The maximum atomic E-state index is 12.1. The lowest BCUT2D eigenvalue weighted by molar-refractivity contribution is -0.161. The zero-order valence-electron chi connectivity index (χ0n) is 12.3. The third-order valence-electron chi connectivity index (χ3n) is 3.83. The summed E-state index contributed by atoms with van der Waals surface area (Å²) in [6.45, 7) is 11.7. The third-order valence-corrected chi connectivity index (χ3v) is 3.83. The van der Waals surface area contributed by atoms with Gasteiger partial charge >= 0.3 is 5.97 Å². The lowest BCUT2D eigenvalue weighted by Crippen LogP contribution is -2.48. The average molecular weight is 257 g/mol. The molecule has 1 fully saturated rings. The molecule has 1 rings (SSSR count). The van der Waals surface area contributed by atoms with Crippen LogP contribution in [0.5, 0.6) is 0 Å². The van der Waals surface area contributed by atoms with Gasteiger partial charge < -0.3 is 9.84 Å². The molecule has 0 radical (unpaired) electrons. The summed E-state index contributed by atoms with van der Waals surface area (Å²) in [5.74, 6) is -0.608. The lowest BCUT2D eigenvalue weighted by atomic mass is 9.79. The highest BCUT2D eigenvalue weighted by molar-refractivity contribution is 5.74. The molecule has 0 aromatic heterocycles. The number of carbonyl (C=O) groups excluding carboxylic acids is 1. The van der Waals surface area contributed by atoms with E-state index in [9.17, 15) is 9.90 Å². The molecule has 2 unspecified atom stereocenters. The molecule has 0 aromatic rings. The Morgan fingerprint density at radius 2 is 2.00 bits per heavy atom. The normalized spacial score (nSPS) is 26.9. The number of aliphatic hydroxyl groups is 1. The van der Waals surface area contributed by atoms with Crippen molar-refractivity contribution in [3.05, 3.63) is 0 Å². The molecule has 0 spiro atoms. The number of hydrogen-bond donors (Lipinski definition) is 1. The Kier molecular flexibility index (Phi) is 5.17. The van der Waals surface area contributed by atoms with E-state index in [0.717, 1.165) is 6.54 Å². The fourth-order valence-corrected chi connectivity index (χ4v) is 2.89. The first-order valence-electron chi connectivity index (χ1n) is 6.95. The van der Waals surface area contributed by atoms with E-state index >= 15 is 0 Å². The summed E-state index contributed by atoms with van der Waals surface area (Å²) in [7, 11) is 0. The lowest BCUT2D eigenvalue weighted by Gasteiger charge is -2.34. The number of hydrogen-bond acceptors (Lipinski definition) is 4. The number of β-amino-alcohol motifs (C(OH)–C–C–N with tert-alkyl or cyclic N) is 1. The van der Waals surface area contributed by atoms with Gasteiger partial charge in [-0.1, -0.05) is 13.8 Å². The minimum atomic E-state index is -0.940. The minimum absolute atomic E-state index is 0.0844. The summed E-state index contributed by atoms with van der Waals surface area (Å²) >= 11 is 0. The van der Waals surface area contributed by atoms with Gasteiger partial charge in [0.15, 0.2) is 0 Å². The summed E-state index contributed by atoms with van der Waals surface area (Å²) in [4.78, 5) is 14.3. The van der Waals surface area contributed by atoms with Crippen LogP contribution in [0.2, 0.25) is 0 Å². The molecule has 4 nitrogen and oxygen atoms in total. The SMILES string of the molecule is CCOC(=O)C(C(C)C)C1(O)CCN(C(C)C)C1. The van der Waals surface area contributed by atoms with E-state index in [-0.39, 0.29) is 11.9 Å². The Hall–Kier alpha value is -0.610. The highest BCUT2D eigenvalue weighted by atomic mass is 16.5. The molecule has 4 heteroatoms. The molecule has 0 amide bonds. The predicted molar refractivity (Wildman–Crippen MR) is 71.2 cm³/mol. The second kappa shape index (κ2) is 6.02. The van der Waals surface area contributed by atoms with E-state index in [4.69, 9.17) is 4.74 Å². The van der Waals surface area contributed by atoms with Crippen molar-refractivity contribution in [2.45, 2.75) is 52.7 Å². The van der Waals surface area contributed by atoms with Crippen molar-refractivity contribution in [2.75, 3.05) is 19.7 Å². The Morgan fingerprint density at radius 3 is 2.39 bits per heavy atom. The molecule has 1 N–H and O–H groups in total. The number of nitrogens with zero attached hydrogens (tertiary/aromatic N) is 1. The van der Waals surface area contributed by atoms with Crippen molar-refractivity contribution in [1.29, 1.82) is 0 Å². The first kappa shape index (κ1) is 15.4. The molecule has 0 aromatic carbocycles. The quantitative estimate of drug-likeness (QED) is 0.761. The van der Waals surface area contributed by atoms with Gasteiger partial charge in [0.05, 0.1) is 18.1 Å². The summed E-state index contributed by atoms with van der Waals surface area (Å²) in [5, 5.41) is 10.8. The van der Waals surface area contributed by atoms with Crippen LogP contribution in [0.15, 0.2) is 0 Å². The Balaban J connectivity index is 2.83. The predicted octanol–water partition coefficient (Wildman–Crippen LogP) is 1.67. The van der Waals surface area contributed by atoms with Gasteiger partial charge in [0, 0.05) is 19.1 Å². The van der Waals surface area contributed by atoms with Crippen LogP contribution in [0.1, 0.15) is 41.0 Å². The standard InChI is InChI=1S/C14H27NO3/c1-6-18-13(16)12(10(2)3)14(17)7-8-15(9-14)11(4)5/h10-12,17H,6-9H2,1-5H3. The van der Waals surface area contributed by atoms with Crippen LogP contribution in [-0.4, -0.2) is 47.3 Å². The highest BCUT2D eigenvalue weighted by Gasteiger charge is 2.48. The molecule has 1 aliphatic heterocycles. The molecule has 1 saturated heterocycles. The number of rotatable bonds is 5. The number of likely N-dealkylation sites (tertiary alicyclic amines) is 1. The second-order valence-electron chi connectivity index (χ2n) is 5.89. The largest absolute Gasteiger partial charge is 0.466 e. The summed E-state index contributed by atoms with van der Waals surface area (Å²) in [6, 6.07) is 0.397. The molecule has 0 bridgehead atoms. The topological polar surface area (TPSA) is 49.8 Å². The van der Waals surface area contributed by atoms with E-state index in [1.807, 2.05) is 13.8 Å². The van der Waals surface area contributed by atoms with Crippen LogP contribution in [0, 0.1) is 11.8 Å². The van der Waals surface area contributed by atoms with Crippen molar-refractivity contribution >= 4 is 5.97 Å². The summed E-state index contributed by atoms with van der Waals surface area (Å²) in [5.41, 5.74) is -0.940.